The molecule has 0 bridgehead atoms. The van der Waals surface area contributed by atoms with Crippen LogP contribution in [0.3, 0.4) is 0 Å². The Morgan fingerprint density at radius 1 is 0.553 bits per heavy atom. The zero-order valence-electron chi connectivity index (χ0n) is 49.3. The highest BCUT2D eigenvalue weighted by Gasteiger charge is 2.60. The normalized spacial score (nSPS) is 15.8. The third-order valence-corrected chi connectivity index (χ3v) is 16.4. The van der Waals surface area contributed by atoms with Crippen LogP contribution in [-0.4, -0.2) is 60.0 Å². The van der Waals surface area contributed by atoms with Gasteiger partial charge in [-0.2, -0.15) is 4.98 Å². The van der Waals surface area contributed by atoms with Crippen LogP contribution in [0, 0.1) is 0 Å². The minimum absolute atomic E-state index is 0.0355. The number of aromatic nitrogens is 4. The molecule has 2 aromatic heterocycles. The van der Waals surface area contributed by atoms with Crippen LogP contribution in [0.1, 0.15) is 342 Å². The van der Waals surface area contributed by atoms with E-state index in [0.29, 0.717) is 19.3 Å². The summed E-state index contributed by atoms with van der Waals surface area (Å²) in [6, 6.07) is 0. The van der Waals surface area contributed by atoms with Crippen molar-refractivity contribution in [3.8, 4) is 0 Å². The lowest BCUT2D eigenvalue weighted by Crippen LogP contribution is -2.61. The maximum absolute atomic E-state index is 15.0. The fourth-order valence-electron chi connectivity index (χ4n) is 11.5. The molecule has 12 heteroatoms. The molecule has 438 valence electrons. The Balaban J connectivity index is 1.65. The molecule has 12 nitrogen and oxygen atoms in total. The standard InChI is InChI=1S/C64H115N5O7/c1-4-7-10-13-16-19-22-25-28-31-34-37-40-43-46-49-55(71)64(56(72)50-47-44-41-38-35-32-29-26-23-20-17-14-11-8-5-2,60-54(70)52-57(75-60)69-53-66-59-61(69)67-63(65)68-62(59)74)76-58(73)51-48-45-42-39-36-33-30-27-24-21-18-15-12-9-6-3/h53-54,57,60,70H,4-52H2,1-3H3,(H3,65,67,68,74)/t54-,57+,60-/m0/s1. The second-order valence-electron chi connectivity index (χ2n) is 23.2. The number of ether oxygens (including phenoxy) is 2. The third-order valence-electron chi connectivity index (χ3n) is 16.4. The van der Waals surface area contributed by atoms with Crippen molar-refractivity contribution in [2.45, 2.75) is 359 Å². The topological polar surface area (TPSA) is 179 Å². The SMILES string of the molecule is CCCCCCCCCCCCCCCCCC(=O)OC(C(=O)CCCCCCCCCCCCCCCCC)(C(=O)CCCCCCCCCCCCCCCCC)[C@H]1O[C@@H](n2cnc3c(=O)[nH]c(N)nc32)C[C@@H]1O. The first-order valence-electron chi connectivity index (χ1n) is 32.5. The Bertz CT molecular complexity index is 1780. The molecule has 0 amide bonds. The summed E-state index contributed by atoms with van der Waals surface area (Å²) < 4.78 is 14.4. The van der Waals surface area contributed by atoms with Crippen molar-refractivity contribution in [3.05, 3.63) is 16.7 Å². The minimum Gasteiger partial charge on any atom is -0.440 e. The molecule has 1 fully saturated rings. The Morgan fingerprint density at radius 2 is 0.868 bits per heavy atom. The fraction of sp³-hybridized carbons (Fsp3) is 0.875. The molecule has 0 aromatic carbocycles. The van der Waals surface area contributed by atoms with Crippen molar-refractivity contribution in [2.24, 2.45) is 0 Å². The van der Waals surface area contributed by atoms with E-state index < -0.39 is 47.1 Å². The molecular weight excluding hydrogens is 951 g/mol. The zero-order chi connectivity index (χ0) is 54.7. The van der Waals surface area contributed by atoms with Crippen LogP contribution in [0.25, 0.3) is 11.2 Å². The number of rotatable bonds is 53. The number of nitrogen functional groups attached to an aromatic ring is 1. The van der Waals surface area contributed by atoms with Gasteiger partial charge in [-0.25, -0.2) is 4.98 Å². The first kappa shape index (κ1) is 67.2. The Morgan fingerprint density at radius 3 is 1.21 bits per heavy atom. The number of carbonyl (C=O) groups is 3. The van der Waals surface area contributed by atoms with Crippen LogP contribution in [0.4, 0.5) is 5.95 Å². The number of hydrogen-bond acceptors (Lipinski definition) is 10. The van der Waals surface area contributed by atoms with Gasteiger partial charge in [0, 0.05) is 25.7 Å². The van der Waals surface area contributed by atoms with Crippen LogP contribution in [0.5, 0.6) is 0 Å². The quantitative estimate of drug-likeness (QED) is 0.0328. The van der Waals surface area contributed by atoms with Crippen molar-refractivity contribution in [3.63, 3.8) is 0 Å². The molecule has 3 rings (SSSR count). The molecule has 0 aliphatic carbocycles. The van der Waals surface area contributed by atoms with Gasteiger partial charge < -0.3 is 20.3 Å². The predicted molar refractivity (Wildman–Crippen MR) is 315 cm³/mol. The van der Waals surface area contributed by atoms with E-state index in [2.05, 4.69) is 35.7 Å². The van der Waals surface area contributed by atoms with Crippen LogP contribution >= 0.6 is 0 Å². The van der Waals surface area contributed by atoms with E-state index >= 15 is 0 Å². The van der Waals surface area contributed by atoms with Gasteiger partial charge in [0.1, 0.15) is 12.3 Å². The maximum Gasteiger partial charge on any atom is 0.307 e. The van der Waals surface area contributed by atoms with Crippen LogP contribution in [-0.2, 0) is 23.9 Å². The molecule has 76 heavy (non-hydrogen) atoms. The second-order valence-corrected chi connectivity index (χ2v) is 23.2. The number of nitrogens with zero attached hydrogens (tertiary/aromatic N) is 3. The molecule has 1 aliphatic rings. The monoisotopic (exact) mass is 1070 g/mol. The van der Waals surface area contributed by atoms with Gasteiger partial charge in [0.2, 0.25) is 5.95 Å². The van der Waals surface area contributed by atoms with E-state index in [1.165, 1.54) is 223 Å². The number of Topliss-reactive ketones (excluding diaryl/α,β-unsaturated/α-hetero) is 2. The molecule has 3 heterocycles. The van der Waals surface area contributed by atoms with Crippen molar-refractivity contribution in [1.82, 2.24) is 19.5 Å². The van der Waals surface area contributed by atoms with Crippen molar-refractivity contribution >= 4 is 34.6 Å². The molecule has 3 atom stereocenters. The van der Waals surface area contributed by atoms with Gasteiger partial charge in [-0.3, -0.25) is 28.7 Å². The van der Waals surface area contributed by atoms with Gasteiger partial charge in [-0.05, 0) is 19.3 Å². The molecule has 4 N–H and O–H groups in total. The van der Waals surface area contributed by atoms with Gasteiger partial charge in [-0.15, -0.1) is 0 Å². The van der Waals surface area contributed by atoms with Gasteiger partial charge in [-0.1, -0.05) is 290 Å². The van der Waals surface area contributed by atoms with Gasteiger partial charge in [0.15, 0.2) is 22.7 Å². The Kier molecular flexibility index (Phi) is 38.6. The fourth-order valence-corrected chi connectivity index (χ4v) is 11.5. The van der Waals surface area contributed by atoms with E-state index in [1.54, 1.807) is 0 Å². The number of unbranched alkanes of at least 4 members (excludes halogenated alkanes) is 42. The van der Waals surface area contributed by atoms with Crippen molar-refractivity contribution in [1.29, 1.82) is 0 Å². The lowest BCUT2D eigenvalue weighted by Gasteiger charge is -2.37. The Hall–Kier alpha value is -3.12. The first-order valence-corrected chi connectivity index (χ1v) is 32.5. The number of ketones is 2. The zero-order valence-corrected chi connectivity index (χ0v) is 49.3. The summed E-state index contributed by atoms with van der Waals surface area (Å²) in [5.41, 5.74) is 3.31. The summed E-state index contributed by atoms with van der Waals surface area (Å²) in [6.07, 6.45) is 51.3. The predicted octanol–water partition coefficient (Wildman–Crippen LogP) is 17.6. The van der Waals surface area contributed by atoms with Crippen LogP contribution in [0.2, 0.25) is 0 Å². The van der Waals surface area contributed by atoms with Gasteiger partial charge >= 0.3 is 5.97 Å². The molecule has 0 radical (unpaired) electrons. The molecule has 1 saturated heterocycles. The number of nitrogens with one attached hydrogen (secondary N) is 1. The average molecular weight is 1070 g/mol. The lowest BCUT2D eigenvalue weighted by molar-refractivity contribution is -0.196. The highest BCUT2D eigenvalue weighted by molar-refractivity contribution is 6.12. The average Bonchev–Trinajstić information content (AvgIpc) is 4.05. The maximum atomic E-state index is 15.0. The number of hydrogen-bond donors (Lipinski definition) is 3. The summed E-state index contributed by atoms with van der Waals surface area (Å²) in [6.45, 7) is 6.79. The lowest BCUT2D eigenvalue weighted by atomic mass is 9.80. The summed E-state index contributed by atoms with van der Waals surface area (Å²) in [5, 5.41) is 11.9. The highest BCUT2D eigenvalue weighted by Crippen LogP contribution is 2.40. The van der Waals surface area contributed by atoms with E-state index in [1.807, 2.05) is 0 Å². The number of carbonyl (C=O) groups excluding carboxylic acids is 3. The van der Waals surface area contributed by atoms with E-state index in [0.717, 1.165) is 57.8 Å². The van der Waals surface area contributed by atoms with E-state index in [9.17, 15) is 24.3 Å². The second kappa shape index (κ2) is 43.7. The molecule has 2 aromatic rings. The van der Waals surface area contributed by atoms with Crippen LogP contribution < -0.4 is 11.3 Å². The number of H-pyrrole nitrogens is 1. The van der Waals surface area contributed by atoms with Gasteiger partial charge in [0.25, 0.3) is 11.2 Å². The summed E-state index contributed by atoms with van der Waals surface area (Å²) >= 11 is 0. The van der Waals surface area contributed by atoms with Crippen molar-refractivity contribution in [2.75, 3.05) is 5.73 Å². The summed E-state index contributed by atoms with van der Waals surface area (Å²) in [4.78, 5) is 67.9. The molecule has 0 saturated carbocycles. The number of aromatic amines is 1. The number of anilines is 1. The number of imidazole rings is 1. The highest BCUT2D eigenvalue weighted by atomic mass is 16.6. The molecule has 0 unspecified atom stereocenters. The Labute approximate surface area is 463 Å². The van der Waals surface area contributed by atoms with Crippen LogP contribution in [0.15, 0.2) is 11.1 Å². The number of fused-ring (bicyclic) bond motifs is 1. The number of nitrogens with two attached hydrogens (primary N) is 1. The van der Waals surface area contributed by atoms with E-state index in [4.69, 9.17) is 15.2 Å². The number of aliphatic hydroxyl groups excluding tert-OH is 1. The smallest absolute Gasteiger partial charge is 0.307 e. The number of esters is 1. The molecule has 1 aliphatic heterocycles. The number of aliphatic hydroxyl groups is 1. The summed E-state index contributed by atoms with van der Waals surface area (Å²) in [7, 11) is 0. The van der Waals surface area contributed by atoms with E-state index in [-0.39, 0.29) is 42.8 Å². The first-order chi connectivity index (χ1) is 37.2. The molecule has 0 spiro atoms. The summed E-state index contributed by atoms with van der Waals surface area (Å²) in [5.74, 6) is -1.72. The molecular formula is C64H115N5O7. The third kappa shape index (κ3) is 27.7. The van der Waals surface area contributed by atoms with Gasteiger partial charge in [0.05, 0.1) is 12.4 Å². The van der Waals surface area contributed by atoms with Crippen molar-refractivity contribution < 1.29 is 29.0 Å². The minimum atomic E-state index is -2.31. The largest absolute Gasteiger partial charge is 0.440 e.